The third-order valence-corrected chi connectivity index (χ3v) is 4.35. The van der Waals surface area contributed by atoms with Crippen molar-refractivity contribution in [2.45, 2.75) is 33.7 Å². The molecule has 0 saturated heterocycles. The topological polar surface area (TPSA) is 54.0 Å². The number of nitrogens with zero attached hydrogens (tertiary/aromatic N) is 1. The average molecular weight is 303 g/mol. The molecule has 0 fully saturated rings. The molecule has 0 unspecified atom stereocenters. The van der Waals surface area contributed by atoms with Crippen LogP contribution in [0.15, 0.2) is 24.4 Å². The lowest BCUT2D eigenvalue weighted by molar-refractivity contribution is 0.0951. The number of thiazole rings is 1. The highest BCUT2D eigenvalue weighted by molar-refractivity contribution is 7.11. The minimum Gasteiger partial charge on any atom is -0.385 e. The first-order valence-corrected chi connectivity index (χ1v) is 8.02. The van der Waals surface area contributed by atoms with E-state index in [0.717, 1.165) is 29.2 Å². The van der Waals surface area contributed by atoms with Gasteiger partial charge in [-0.15, -0.1) is 11.3 Å². The number of carbonyl (C=O) groups is 1. The van der Waals surface area contributed by atoms with Gasteiger partial charge >= 0.3 is 0 Å². The number of anilines is 1. The molecule has 21 heavy (non-hydrogen) atoms. The maximum atomic E-state index is 12.2. The number of benzene rings is 1. The first-order chi connectivity index (χ1) is 10.1. The standard InChI is InChI=1S/C16H21N3OS/c1-4-13-9-18-15(21-13)10-19-16(20)12-6-7-14(17-5-2)11(3)8-12/h6-9,17H,4-5,10H2,1-3H3,(H,19,20). The van der Waals surface area contributed by atoms with Crippen LogP contribution in [-0.2, 0) is 13.0 Å². The Labute approximate surface area is 129 Å². The van der Waals surface area contributed by atoms with E-state index in [0.29, 0.717) is 12.1 Å². The maximum absolute atomic E-state index is 12.2. The summed E-state index contributed by atoms with van der Waals surface area (Å²) in [6, 6.07) is 5.71. The Morgan fingerprint density at radius 1 is 1.33 bits per heavy atom. The summed E-state index contributed by atoms with van der Waals surface area (Å²) in [6.45, 7) is 7.51. The minimum atomic E-state index is -0.0607. The van der Waals surface area contributed by atoms with Crippen molar-refractivity contribution in [1.29, 1.82) is 0 Å². The van der Waals surface area contributed by atoms with Gasteiger partial charge in [0.1, 0.15) is 5.01 Å². The fourth-order valence-corrected chi connectivity index (χ4v) is 2.85. The van der Waals surface area contributed by atoms with Crippen LogP contribution < -0.4 is 10.6 Å². The molecule has 0 atom stereocenters. The van der Waals surface area contributed by atoms with E-state index in [4.69, 9.17) is 0 Å². The number of aromatic nitrogens is 1. The van der Waals surface area contributed by atoms with Gasteiger partial charge in [-0.2, -0.15) is 0 Å². The highest BCUT2D eigenvalue weighted by Crippen LogP contribution is 2.17. The average Bonchev–Trinajstić information content (AvgIpc) is 2.95. The third kappa shape index (κ3) is 4.04. The van der Waals surface area contributed by atoms with Gasteiger partial charge in [0.2, 0.25) is 0 Å². The summed E-state index contributed by atoms with van der Waals surface area (Å²) < 4.78 is 0. The predicted octanol–water partition coefficient (Wildman–Crippen LogP) is 3.38. The minimum absolute atomic E-state index is 0.0607. The summed E-state index contributed by atoms with van der Waals surface area (Å²) in [6.07, 6.45) is 2.86. The van der Waals surface area contributed by atoms with E-state index in [2.05, 4.69) is 29.5 Å². The summed E-state index contributed by atoms with van der Waals surface area (Å²) in [4.78, 5) is 17.7. The van der Waals surface area contributed by atoms with Crippen LogP contribution in [0.4, 0.5) is 5.69 Å². The number of aryl methyl sites for hydroxylation is 2. The zero-order valence-electron chi connectivity index (χ0n) is 12.7. The molecule has 0 radical (unpaired) electrons. The molecule has 112 valence electrons. The molecule has 0 spiro atoms. The fourth-order valence-electron chi connectivity index (χ4n) is 2.04. The van der Waals surface area contributed by atoms with Crippen LogP contribution in [0.5, 0.6) is 0 Å². The van der Waals surface area contributed by atoms with E-state index < -0.39 is 0 Å². The second-order valence-corrected chi connectivity index (χ2v) is 6.02. The first-order valence-electron chi connectivity index (χ1n) is 7.20. The van der Waals surface area contributed by atoms with Gasteiger partial charge in [0.05, 0.1) is 6.54 Å². The van der Waals surface area contributed by atoms with Crippen LogP contribution in [0.3, 0.4) is 0 Å². The summed E-state index contributed by atoms with van der Waals surface area (Å²) in [7, 11) is 0. The Morgan fingerprint density at radius 2 is 2.14 bits per heavy atom. The van der Waals surface area contributed by atoms with E-state index >= 15 is 0 Å². The number of carbonyl (C=O) groups excluding carboxylic acids is 1. The van der Waals surface area contributed by atoms with Gasteiger partial charge in [0.15, 0.2) is 0 Å². The van der Waals surface area contributed by atoms with Gasteiger partial charge in [0, 0.05) is 28.9 Å². The second-order valence-electron chi connectivity index (χ2n) is 4.82. The number of hydrogen-bond acceptors (Lipinski definition) is 4. The number of rotatable bonds is 6. The van der Waals surface area contributed by atoms with Gasteiger partial charge in [0.25, 0.3) is 5.91 Å². The van der Waals surface area contributed by atoms with Crippen LogP contribution in [0.2, 0.25) is 0 Å². The highest BCUT2D eigenvalue weighted by atomic mass is 32.1. The first kappa shape index (κ1) is 15.5. The molecule has 0 aliphatic carbocycles. The van der Waals surface area contributed by atoms with Crippen molar-refractivity contribution >= 4 is 22.9 Å². The molecule has 5 heteroatoms. The lowest BCUT2D eigenvalue weighted by Gasteiger charge is -2.09. The molecular formula is C16H21N3OS. The van der Waals surface area contributed by atoms with Gasteiger partial charge in [-0.05, 0) is 44.0 Å². The van der Waals surface area contributed by atoms with Crippen molar-refractivity contribution in [3.63, 3.8) is 0 Å². The van der Waals surface area contributed by atoms with Crippen LogP contribution in [0.25, 0.3) is 0 Å². The number of amides is 1. The molecule has 2 rings (SSSR count). The van der Waals surface area contributed by atoms with Crippen LogP contribution in [0.1, 0.15) is 39.7 Å². The summed E-state index contributed by atoms with van der Waals surface area (Å²) in [5.41, 5.74) is 2.83. The van der Waals surface area contributed by atoms with Gasteiger partial charge in [-0.25, -0.2) is 4.98 Å². The Morgan fingerprint density at radius 3 is 2.76 bits per heavy atom. The number of nitrogens with one attached hydrogen (secondary N) is 2. The summed E-state index contributed by atoms with van der Waals surface area (Å²) >= 11 is 1.65. The Kier molecular flexibility index (Phi) is 5.33. The SMILES string of the molecule is CCNc1ccc(C(=O)NCc2ncc(CC)s2)cc1C. The Balaban J connectivity index is 1.98. The molecule has 2 aromatic rings. The zero-order chi connectivity index (χ0) is 15.2. The number of hydrogen-bond donors (Lipinski definition) is 2. The molecule has 0 aliphatic heterocycles. The van der Waals surface area contributed by atoms with Crippen molar-refractivity contribution in [2.24, 2.45) is 0 Å². The largest absolute Gasteiger partial charge is 0.385 e. The van der Waals surface area contributed by atoms with E-state index in [9.17, 15) is 4.79 Å². The molecule has 1 amide bonds. The molecule has 1 aromatic carbocycles. The van der Waals surface area contributed by atoms with E-state index in [-0.39, 0.29) is 5.91 Å². The lowest BCUT2D eigenvalue weighted by atomic mass is 10.1. The molecular weight excluding hydrogens is 282 g/mol. The van der Waals surface area contributed by atoms with Gasteiger partial charge in [-0.3, -0.25) is 4.79 Å². The van der Waals surface area contributed by atoms with Crippen molar-refractivity contribution in [1.82, 2.24) is 10.3 Å². The van der Waals surface area contributed by atoms with Crippen molar-refractivity contribution in [2.75, 3.05) is 11.9 Å². The molecule has 0 bridgehead atoms. The normalized spacial score (nSPS) is 10.4. The quantitative estimate of drug-likeness (QED) is 0.860. The smallest absolute Gasteiger partial charge is 0.251 e. The summed E-state index contributed by atoms with van der Waals surface area (Å²) in [5.74, 6) is -0.0607. The lowest BCUT2D eigenvalue weighted by Crippen LogP contribution is -2.22. The van der Waals surface area contributed by atoms with E-state index in [1.807, 2.05) is 31.3 Å². The Hall–Kier alpha value is -1.88. The van der Waals surface area contributed by atoms with E-state index in [1.165, 1.54) is 4.88 Å². The van der Waals surface area contributed by atoms with Crippen LogP contribution in [-0.4, -0.2) is 17.4 Å². The van der Waals surface area contributed by atoms with Gasteiger partial charge < -0.3 is 10.6 Å². The molecule has 1 aromatic heterocycles. The van der Waals surface area contributed by atoms with Gasteiger partial charge in [-0.1, -0.05) is 6.92 Å². The molecule has 0 saturated carbocycles. The van der Waals surface area contributed by atoms with E-state index in [1.54, 1.807) is 11.3 Å². The summed E-state index contributed by atoms with van der Waals surface area (Å²) in [5, 5.41) is 7.13. The maximum Gasteiger partial charge on any atom is 0.251 e. The van der Waals surface area contributed by atoms with Crippen LogP contribution in [0, 0.1) is 6.92 Å². The fraction of sp³-hybridized carbons (Fsp3) is 0.375. The predicted molar refractivity (Wildman–Crippen MR) is 88.0 cm³/mol. The van der Waals surface area contributed by atoms with Crippen molar-refractivity contribution in [3.05, 3.63) is 45.4 Å². The molecule has 1 heterocycles. The van der Waals surface area contributed by atoms with Crippen molar-refractivity contribution < 1.29 is 4.79 Å². The zero-order valence-corrected chi connectivity index (χ0v) is 13.5. The molecule has 4 nitrogen and oxygen atoms in total. The highest BCUT2D eigenvalue weighted by Gasteiger charge is 2.08. The second kappa shape index (κ2) is 7.22. The molecule has 0 aliphatic rings. The van der Waals surface area contributed by atoms with Crippen LogP contribution >= 0.6 is 11.3 Å². The monoisotopic (exact) mass is 303 g/mol. The third-order valence-electron chi connectivity index (χ3n) is 3.21. The Bertz CT molecular complexity index is 622. The molecule has 2 N–H and O–H groups in total. The van der Waals surface area contributed by atoms with Crippen molar-refractivity contribution in [3.8, 4) is 0 Å².